The van der Waals surface area contributed by atoms with Crippen LogP contribution in [0, 0.1) is 5.41 Å². The molecule has 1 aromatic carbocycles. The fourth-order valence-corrected chi connectivity index (χ4v) is 2.47. The molecule has 1 rings (SSSR count). The Hall–Kier alpha value is -0.820. The second-order valence-corrected chi connectivity index (χ2v) is 7.09. The van der Waals surface area contributed by atoms with Crippen LogP contribution in [0.2, 0.25) is 0 Å². The van der Waals surface area contributed by atoms with Crippen molar-refractivity contribution in [1.29, 1.82) is 0 Å². The van der Waals surface area contributed by atoms with Crippen LogP contribution in [0.25, 0.3) is 0 Å². The van der Waals surface area contributed by atoms with E-state index in [-0.39, 0.29) is 0 Å². The molecule has 0 aliphatic heterocycles. The van der Waals surface area contributed by atoms with Gasteiger partial charge < -0.3 is 5.32 Å². The molecule has 0 bridgehead atoms. The maximum absolute atomic E-state index is 3.52. The molecule has 114 valence electrons. The number of rotatable bonds is 9. The average molecular weight is 275 g/mol. The van der Waals surface area contributed by atoms with E-state index in [0.717, 1.165) is 6.54 Å². The second-order valence-electron chi connectivity index (χ2n) is 7.09. The van der Waals surface area contributed by atoms with Gasteiger partial charge in [0.2, 0.25) is 0 Å². The van der Waals surface area contributed by atoms with Gasteiger partial charge in [0, 0.05) is 6.04 Å². The van der Waals surface area contributed by atoms with Crippen molar-refractivity contribution in [3.05, 3.63) is 35.4 Å². The van der Waals surface area contributed by atoms with Crippen molar-refractivity contribution >= 4 is 0 Å². The summed E-state index contributed by atoms with van der Waals surface area (Å²) in [5.74, 6) is 0. The van der Waals surface area contributed by atoms with Gasteiger partial charge in [-0.05, 0) is 48.8 Å². The average Bonchev–Trinajstić information content (AvgIpc) is 2.38. The summed E-state index contributed by atoms with van der Waals surface area (Å²) in [5.41, 5.74) is 3.37. The maximum Gasteiger partial charge on any atom is 0.00103 e. The molecule has 0 unspecified atom stereocenters. The van der Waals surface area contributed by atoms with Crippen LogP contribution in [0.5, 0.6) is 0 Å². The van der Waals surface area contributed by atoms with E-state index in [4.69, 9.17) is 0 Å². The quantitative estimate of drug-likeness (QED) is 0.670. The summed E-state index contributed by atoms with van der Waals surface area (Å²) in [6.45, 7) is 12.6. The predicted octanol–water partition coefficient (Wildman–Crippen LogP) is 4.99. The molecule has 0 aliphatic carbocycles. The Balaban J connectivity index is 2.36. The SMILES string of the molecule is CCCc1ccc(CCC(C)(C)CCNC(C)C)cc1. The van der Waals surface area contributed by atoms with Crippen molar-refractivity contribution in [2.75, 3.05) is 6.54 Å². The Morgan fingerprint density at radius 3 is 2.00 bits per heavy atom. The van der Waals surface area contributed by atoms with E-state index in [9.17, 15) is 0 Å². The van der Waals surface area contributed by atoms with Crippen molar-refractivity contribution in [3.8, 4) is 0 Å². The van der Waals surface area contributed by atoms with Gasteiger partial charge in [0.1, 0.15) is 0 Å². The largest absolute Gasteiger partial charge is 0.315 e. The van der Waals surface area contributed by atoms with Gasteiger partial charge in [-0.15, -0.1) is 0 Å². The minimum absolute atomic E-state index is 0.421. The molecule has 1 nitrogen and oxygen atoms in total. The lowest BCUT2D eigenvalue weighted by molar-refractivity contribution is 0.298. The molecule has 0 atom stereocenters. The fourth-order valence-electron chi connectivity index (χ4n) is 2.47. The van der Waals surface area contributed by atoms with Crippen LogP contribution in [0.3, 0.4) is 0 Å². The smallest absolute Gasteiger partial charge is 0.00103 e. The highest BCUT2D eigenvalue weighted by atomic mass is 14.9. The molecule has 0 radical (unpaired) electrons. The summed E-state index contributed by atoms with van der Waals surface area (Å²) in [7, 11) is 0. The first-order valence-corrected chi connectivity index (χ1v) is 8.24. The lowest BCUT2D eigenvalue weighted by atomic mass is 9.83. The monoisotopic (exact) mass is 275 g/mol. The minimum Gasteiger partial charge on any atom is -0.315 e. The zero-order valence-electron chi connectivity index (χ0n) is 14.1. The summed E-state index contributed by atoms with van der Waals surface area (Å²) in [4.78, 5) is 0. The van der Waals surface area contributed by atoms with Gasteiger partial charge in [-0.1, -0.05) is 65.3 Å². The lowest BCUT2D eigenvalue weighted by Crippen LogP contribution is -2.28. The molecule has 0 heterocycles. The first kappa shape index (κ1) is 17.2. The van der Waals surface area contributed by atoms with Crippen LogP contribution >= 0.6 is 0 Å². The number of benzene rings is 1. The van der Waals surface area contributed by atoms with Crippen LogP contribution in [-0.4, -0.2) is 12.6 Å². The molecule has 0 aromatic heterocycles. The van der Waals surface area contributed by atoms with Crippen LogP contribution in [0.15, 0.2) is 24.3 Å². The molecule has 20 heavy (non-hydrogen) atoms. The highest BCUT2D eigenvalue weighted by molar-refractivity contribution is 5.22. The van der Waals surface area contributed by atoms with Crippen molar-refractivity contribution in [2.24, 2.45) is 5.41 Å². The molecule has 0 amide bonds. The third-order valence-corrected chi connectivity index (χ3v) is 4.01. The predicted molar refractivity (Wildman–Crippen MR) is 90.3 cm³/mol. The van der Waals surface area contributed by atoms with E-state index < -0.39 is 0 Å². The summed E-state index contributed by atoms with van der Waals surface area (Å²) in [5, 5.41) is 3.52. The van der Waals surface area contributed by atoms with Gasteiger partial charge in [0.05, 0.1) is 0 Å². The van der Waals surface area contributed by atoms with Gasteiger partial charge in [0.15, 0.2) is 0 Å². The first-order chi connectivity index (χ1) is 9.43. The van der Waals surface area contributed by atoms with Crippen molar-refractivity contribution in [2.45, 2.75) is 72.8 Å². The van der Waals surface area contributed by atoms with Gasteiger partial charge in [-0.3, -0.25) is 0 Å². The van der Waals surface area contributed by atoms with Gasteiger partial charge in [-0.2, -0.15) is 0 Å². The van der Waals surface area contributed by atoms with Gasteiger partial charge in [0.25, 0.3) is 0 Å². The number of nitrogens with one attached hydrogen (secondary N) is 1. The molecule has 0 saturated carbocycles. The van der Waals surface area contributed by atoms with Crippen molar-refractivity contribution in [3.63, 3.8) is 0 Å². The third kappa shape index (κ3) is 7.09. The van der Waals surface area contributed by atoms with Crippen LogP contribution < -0.4 is 5.32 Å². The van der Waals surface area contributed by atoms with Gasteiger partial charge >= 0.3 is 0 Å². The van der Waals surface area contributed by atoms with E-state index in [1.165, 1.54) is 43.2 Å². The zero-order valence-corrected chi connectivity index (χ0v) is 14.1. The van der Waals surface area contributed by atoms with Gasteiger partial charge in [-0.25, -0.2) is 0 Å². The van der Waals surface area contributed by atoms with E-state index in [1.54, 1.807) is 0 Å². The molecular formula is C19H33N. The Morgan fingerprint density at radius 1 is 0.950 bits per heavy atom. The van der Waals surface area contributed by atoms with E-state index in [1.807, 2.05) is 0 Å². The Labute approximate surface area is 126 Å². The normalized spacial score (nSPS) is 12.1. The summed E-state index contributed by atoms with van der Waals surface area (Å²) < 4.78 is 0. The summed E-state index contributed by atoms with van der Waals surface area (Å²) >= 11 is 0. The molecule has 0 spiro atoms. The van der Waals surface area contributed by atoms with Crippen molar-refractivity contribution < 1.29 is 0 Å². The van der Waals surface area contributed by atoms with Crippen molar-refractivity contribution in [1.82, 2.24) is 5.32 Å². The topological polar surface area (TPSA) is 12.0 Å². The second kappa shape index (κ2) is 8.46. The number of hydrogen-bond acceptors (Lipinski definition) is 1. The number of aryl methyl sites for hydroxylation is 2. The van der Waals surface area contributed by atoms with Crippen LogP contribution in [-0.2, 0) is 12.8 Å². The zero-order chi connectivity index (χ0) is 15.0. The molecule has 1 heteroatoms. The van der Waals surface area contributed by atoms with Crippen LogP contribution in [0.4, 0.5) is 0 Å². The maximum atomic E-state index is 3.52. The fraction of sp³-hybridized carbons (Fsp3) is 0.684. The molecule has 1 N–H and O–H groups in total. The molecule has 0 fully saturated rings. The first-order valence-electron chi connectivity index (χ1n) is 8.24. The third-order valence-electron chi connectivity index (χ3n) is 4.01. The highest BCUT2D eigenvalue weighted by Crippen LogP contribution is 2.26. The standard InChI is InChI=1S/C19H33N/c1-6-7-17-8-10-18(11-9-17)12-13-19(4,5)14-15-20-16(2)3/h8-11,16,20H,6-7,12-15H2,1-5H3. The Morgan fingerprint density at radius 2 is 1.50 bits per heavy atom. The van der Waals surface area contributed by atoms with E-state index in [0.29, 0.717) is 11.5 Å². The Bertz CT molecular complexity index is 362. The van der Waals surface area contributed by atoms with Crippen LogP contribution in [0.1, 0.15) is 65.0 Å². The van der Waals surface area contributed by atoms with E-state index >= 15 is 0 Å². The Kier molecular flexibility index (Phi) is 7.29. The lowest BCUT2D eigenvalue weighted by Gasteiger charge is -2.25. The summed E-state index contributed by atoms with van der Waals surface area (Å²) in [6.07, 6.45) is 6.14. The molecule has 0 aliphatic rings. The highest BCUT2D eigenvalue weighted by Gasteiger charge is 2.17. The van der Waals surface area contributed by atoms with E-state index in [2.05, 4.69) is 64.2 Å². The number of hydrogen-bond donors (Lipinski definition) is 1. The molecular weight excluding hydrogens is 242 g/mol. The minimum atomic E-state index is 0.421. The molecule has 1 aromatic rings. The summed E-state index contributed by atoms with van der Waals surface area (Å²) in [6, 6.07) is 9.82. The molecule has 0 saturated heterocycles.